The minimum atomic E-state index is -0.313. The van der Waals surface area contributed by atoms with Crippen molar-refractivity contribution in [1.82, 2.24) is 9.66 Å². The van der Waals surface area contributed by atoms with Crippen molar-refractivity contribution in [3.63, 3.8) is 0 Å². The van der Waals surface area contributed by atoms with Crippen molar-refractivity contribution in [2.75, 3.05) is 6.61 Å². The first-order chi connectivity index (χ1) is 18.1. The molecule has 0 amide bonds. The number of fused-ring (bicyclic) bond motifs is 1. The average Bonchev–Trinajstić information content (AvgIpc) is 2.93. The van der Waals surface area contributed by atoms with Gasteiger partial charge in [0.05, 0.1) is 23.7 Å². The lowest BCUT2D eigenvalue weighted by Crippen LogP contribution is -2.25. The summed E-state index contributed by atoms with van der Waals surface area (Å²) in [6.45, 7) is 2.41. The van der Waals surface area contributed by atoms with Crippen molar-refractivity contribution in [2.24, 2.45) is 5.10 Å². The maximum atomic E-state index is 14.0. The molecule has 0 atom stereocenters. The van der Waals surface area contributed by atoms with Gasteiger partial charge >= 0.3 is 0 Å². The second-order valence-corrected chi connectivity index (χ2v) is 9.20. The van der Waals surface area contributed by atoms with Gasteiger partial charge in [-0.1, -0.05) is 49.6 Å². The number of para-hydroxylation sites is 1. The van der Waals surface area contributed by atoms with E-state index in [4.69, 9.17) is 14.5 Å². The van der Waals surface area contributed by atoms with E-state index in [-0.39, 0.29) is 23.9 Å². The summed E-state index contributed by atoms with van der Waals surface area (Å²) in [5, 5.41) is 5.16. The Kier molecular flexibility index (Phi) is 7.59. The predicted octanol–water partition coefficient (Wildman–Crippen LogP) is 6.44. The van der Waals surface area contributed by atoms with E-state index in [2.05, 4.69) is 5.10 Å². The van der Waals surface area contributed by atoms with E-state index in [9.17, 15) is 9.18 Å². The van der Waals surface area contributed by atoms with Gasteiger partial charge in [-0.15, -0.1) is 0 Å². The van der Waals surface area contributed by atoms with Gasteiger partial charge in [-0.25, -0.2) is 9.37 Å². The fourth-order valence-electron chi connectivity index (χ4n) is 4.77. The number of hydrogen-bond donors (Lipinski definition) is 0. The molecule has 3 aromatic carbocycles. The second kappa shape index (κ2) is 11.4. The van der Waals surface area contributed by atoms with Crippen LogP contribution in [0.4, 0.5) is 4.39 Å². The van der Waals surface area contributed by atoms with Gasteiger partial charge in [0.1, 0.15) is 18.2 Å². The summed E-state index contributed by atoms with van der Waals surface area (Å²) < 4.78 is 27.1. The lowest BCUT2D eigenvalue weighted by Gasteiger charge is -2.22. The molecule has 0 N–H and O–H groups in total. The molecule has 37 heavy (non-hydrogen) atoms. The first-order valence-corrected chi connectivity index (χ1v) is 12.8. The zero-order valence-electron chi connectivity index (χ0n) is 20.9. The molecule has 1 heterocycles. The quantitative estimate of drug-likeness (QED) is 0.262. The van der Waals surface area contributed by atoms with Crippen LogP contribution in [0, 0.1) is 5.82 Å². The Labute approximate surface area is 215 Å². The van der Waals surface area contributed by atoms with Gasteiger partial charge in [0, 0.05) is 11.5 Å². The Morgan fingerprint density at radius 1 is 1.00 bits per heavy atom. The van der Waals surface area contributed by atoms with Gasteiger partial charge in [0.15, 0.2) is 11.5 Å². The van der Waals surface area contributed by atoms with Crippen LogP contribution in [0.25, 0.3) is 10.9 Å². The second-order valence-electron chi connectivity index (χ2n) is 9.20. The Morgan fingerprint density at radius 3 is 2.59 bits per heavy atom. The monoisotopic (exact) mass is 499 g/mol. The van der Waals surface area contributed by atoms with Crippen molar-refractivity contribution < 1.29 is 13.9 Å². The van der Waals surface area contributed by atoms with E-state index < -0.39 is 0 Å². The van der Waals surface area contributed by atoms with Crippen LogP contribution >= 0.6 is 0 Å². The van der Waals surface area contributed by atoms with Crippen LogP contribution in [0.15, 0.2) is 76.6 Å². The smallest absolute Gasteiger partial charge is 0.282 e. The topological polar surface area (TPSA) is 65.7 Å². The number of rotatable bonds is 8. The van der Waals surface area contributed by atoms with Gasteiger partial charge < -0.3 is 9.47 Å². The highest BCUT2D eigenvalue weighted by molar-refractivity contribution is 5.81. The van der Waals surface area contributed by atoms with Crippen LogP contribution in [-0.2, 0) is 6.61 Å². The molecule has 0 radical (unpaired) electrons. The van der Waals surface area contributed by atoms with E-state index in [0.717, 1.165) is 37.1 Å². The average molecular weight is 500 g/mol. The Hall–Kier alpha value is -4.00. The van der Waals surface area contributed by atoms with Gasteiger partial charge in [-0.05, 0) is 61.7 Å². The molecular weight excluding hydrogens is 469 g/mol. The summed E-state index contributed by atoms with van der Waals surface area (Å²) in [6.07, 6.45) is 7.12. The molecule has 1 aliphatic rings. The van der Waals surface area contributed by atoms with Crippen molar-refractivity contribution in [3.05, 3.63) is 99.9 Å². The molecule has 0 spiro atoms. The van der Waals surface area contributed by atoms with E-state index >= 15 is 0 Å². The highest BCUT2D eigenvalue weighted by Crippen LogP contribution is 2.32. The van der Waals surface area contributed by atoms with E-state index in [1.807, 2.05) is 37.3 Å². The molecule has 4 aromatic rings. The molecular formula is C30H30FN3O3. The van der Waals surface area contributed by atoms with Crippen LogP contribution in [-0.4, -0.2) is 22.5 Å². The number of aromatic nitrogens is 2. The summed E-state index contributed by atoms with van der Waals surface area (Å²) in [4.78, 5) is 18.3. The molecule has 6 nitrogen and oxygen atoms in total. The standard InChI is InChI=1S/C30H30FN3O3/c1-2-36-28-18-21(16-17-27(28)37-20-23-12-6-8-14-25(23)31)19-32-34-29(22-10-4-3-5-11-22)33-26-15-9-7-13-24(26)30(34)35/h6-9,12-19,22H,2-5,10-11,20H2,1H3. The molecule has 1 saturated carbocycles. The molecule has 190 valence electrons. The SMILES string of the molecule is CCOc1cc(C=Nn2c(C3CCCCC3)nc3ccccc3c2=O)ccc1OCc1ccccc1F. The maximum Gasteiger partial charge on any atom is 0.282 e. The minimum absolute atomic E-state index is 0.0864. The molecule has 1 aliphatic carbocycles. The lowest BCUT2D eigenvalue weighted by molar-refractivity contribution is 0.266. The first-order valence-electron chi connectivity index (χ1n) is 12.8. The summed E-state index contributed by atoms with van der Waals surface area (Å²) in [5.74, 6) is 1.65. The van der Waals surface area contributed by atoms with Crippen LogP contribution < -0.4 is 15.0 Å². The van der Waals surface area contributed by atoms with Crippen LogP contribution in [0.3, 0.4) is 0 Å². The third-order valence-electron chi connectivity index (χ3n) is 6.68. The molecule has 0 saturated heterocycles. The molecule has 0 unspecified atom stereocenters. The number of hydrogen-bond acceptors (Lipinski definition) is 5. The van der Waals surface area contributed by atoms with Crippen molar-refractivity contribution >= 4 is 17.1 Å². The number of benzene rings is 3. The van der Waals surface area contributed by atoms with E-state index in [0.29, 0.717) is 34.6 Å². The normalized spacial score (nSPS) is 14.3. The first kappa shape index (κ1) is 24.7. The molecule has 5 rings (SSSR count). The molecule has 1 aromatic heterocycles. The summed E-state index contributed by atoms with van der Waals surface area (Å²) >= 11 is 0. The minimum Gasteiger partial charge on any atom is -0.490 e. The Morgan fingerprint density at radius 2 is 1.78 bits per heavy atom. The number of halogens is 1. The summed E-state index contributed by atoms with van der Waals surface area (Å²) in [5.41, 5.74) is 1.75. The highest BCUT2D eigenvalue weighted by Gasteiger charge is 2.22. The molecule has 7 heteroatoms. The Bertz CT molecular complexity index is 1470. The van der Waals surface area contributed by atoms with Gasteiger partial charge in [0.2, 0.25) is 0 Å². The molecule has 0 bridgehead atoms. The van der Waals surface area contributed by atoms with Crippen LogP contribution in [0.1, 0.15) is 61.9 Å². The maximum absolute atomic E-state index is 14.0. The third-order valence-corrected chi connectivity index (χ3v) is 6.68. The fourth-order valence-corrected chi connectivity index (χ4v) is 4.77. The van der Waals surface area contributed by atoms with Gasteiger partial charge in [0.25, 0.3) is 5.56 Å². The van der Waals surface area contributed by atoms with Crippen molar-refractivity contribution in [2.45, 2.75) is 51.6 Å². The largest absolute Gasteiger partial charge is 0.490 e. The lowest BCUT2D eigenvalue weighted by atomic mass is 9.88. The predicted molar refractivity (Wildman–Crippen MR) is 143 cm³/mol. The highest BCUT2D eigenvalue weighted by atomic mass is 19.1. The number of ether oxygens (including phenoxy) is 2. The number of nitrogens with zero attached hydrogens (tertiary/aromatic N) is 3. The third kappa shape index (κ3) is 5.56. The fraction of sp³-hybridized carbons (Fsp3) is 0.300. The molecule has 0 aliphatic heterocycles. The van der Waals surface area contributed by atoms with E-state index in [1.165, 1.54) is 17.2 Å². The Balaban J connectivity index is 1.46. The van der Waals surface area contributed by atoms with E-state index in [1.54, 1.807) is 36.5 Å². The van der Waals surface area contributed by atoms with Gasteiger partial charge in [-0.3, -0.25) is 4.79 Å². The zero-order valence-corrected chi connectivity index (χ0v) is 20.9. The molecule has 1 fully saturated rings. The zero-order chi connectivity index (χ0) is 25.6. The van der Waals surface area contributed by atoms with Gasteiger partial charge in [-0.2, -0.15) is 9.78 Å². The van der Waals surface area contributed by atoms with Crippen molar-refractivity contribution in [1.29, 1.82) is 0 Å². The summed E-state index contributed by atoms with van der Waals surface area (Å²) in [7, 11) is 0. The van der Waals surface area contributed by atoms with Crippen LogP contribution in [0.2, 0.25) is 0 Å². The van der Waals surface area contributed by atoms with Crippen LogP contribution in [0.5, 0.6) is 11.5 Å². The summed E-state index contributed by atoms with van der Waals surface area (Å²) in [6, 6.07) is 19.4. The van der Waals surface area contributed by atoms with Crippen molar-refractivity contribution in [3.8, 4) is 11.5 Å².